The summed E-state index contributed by atoms with van der Waals surface area (Å²) in [5.41, 5.74) is 0. The molecule has 6 heteroatoms. The van der Waals surface area contributed by atoms with Gasteiger partial charge in [0.1, 0.15) is 13.2 Å². The van der Waals surface area contributed by atoms with Gasteiger partial charge in [0.2, 0.25) is 0 Å². The van der Waals surface area contributed by atoms with Crippen LogP contribution >= 0.6 is 0 Å². The van der Waals surface area contributed by atoms with E-state index in [-0.39, 0.29) is 31.1 Å². The quantitative estimate of drug-likeness (QED) is 0.0262. The molecule has 0 aromatic carbocycles. The Morgan fingerprint density at radius 2 is 0.508 bits per heavy atom. The molecule has 0 aliphatic carbocycles. The number of rotatable bonds is 53. The molecule has 0 fully saturated rings. The third-order valence-electron chi connectivity index (χ3n) is 12.9. The van der Waals surface area contributed by atoms with Gasteiger partial charge in [0.05, 0.1) is 0 Å². The molecule has 0 aliphatic heterocycles. The summed E-state index contributed by atoms with van der Waals surface area (Å²) in [6.07, 6.45) is 63.1. The summed E-state index contributed by atoms with van der Waals surface area (Å²) in [6.45, 7) is 6.66. The van der Waals surface area contributed by atoms with Crippen molar-refractivity contribution in [2.75, 3.05) is 13.2 Å². The lowest BCUT2D eigenvalue weighted by Crippen LogP contribution is -2.30. The van der Waals surface area contributed by atoms with Crippen molar-refractivity contribution in [3.63, 3.8) is 0 Å². The van der Waals surface area contributed by atoms with Crippen LogP contribution in [0.1, 0.15) is 316 Å². The van der Waals surface area contributed by atoms with E-state index in [0.29, 0.717) is 19.3 Å². The van der Waals surface area contributed by atoms with Crippen molar-refractivity contribution in [2.45, 2.75) is 322 Å². The Morgan fingerprint density at radius 3 is 0.769 bits per heavy atom. The lowest BCUT2D eigenvalue weighted by atomic mass is 10.1. The Kier molecular flexibility index (Phi) is 52.7. The van der Waals surface area contributed by atoms with Crippen LogP contribution in [-0.4, -0.2) is 37.2 Å². The highest BCUT2D eigenvalue weighted by atomic mass is 16.6. The highest BCUT2D eigenvalue weighted by Crippen LogP contribution is 2.16. The Morgan fingerprint density at radius 1 is 0.292 bits per heavy atom. The Balaban J connectivity index is 4.30. The molecule has 0 aromatic heterocycles. The summed E-state index contributed by atoms with van der Waals surface area (Å²) in [5, 5.41) is 0. The molecule has 0 heterocycles. The predicted molar refractivity (Wildman–Crippen MR) is 279 cm³/mol. The second-order valence-corrected chi connectivity index (χ2v) is 19.6. The second kappa shape index (κ2) is 54.5. The maximum absolute atomic E-state index is 12.8. The highest BCUT2D eigenvalue weighted by molar-refractivity contribution is 5.71. The number of esters is 3. The first-order chi connectivity index (χ1) is 32.0. The van der Waals surface area contributed by atoms with E-state index in [9.17, 15) is 14.4 Å². The molecule has 65 heavy (non-hydrogen) atoms. The van der Waals surface area contributed by atoms with Gasteiger partial charge in [-0.2, -0.15) is 0 Å². The summed E-state index contributed by atoms with van der Waals surface area (Å²) in [5.74, 6) is -0.862. The fourth-order valence-corrected chi connectivity index (χ4v) is 8.55. The van der Waals surface area contributed by atoms with E-state index in [0.717, 1.165) is 57.8 Å². The molecule has 0 radical (unpaired) electrons. The first-order valence-electron chi connectivity index (χ1n) is 28.8. The van der Waals surface area contributed by atoms with Crippen LogP contribution in [0.4, 0.5) is 0 Å². The van der Waals surface area contributed by atoms with Crippen LogP contribution in [0.15, 0.2) is 24.3 Å². The van der Waals surface area contributed by atoms with Gasteiger partial charge in [-0.3, -0.25) is 14.4 Å². The predicted octanol–water partition coefficient (Wildman–Crippen LogP) is 19.1. The number of carbonyl (C=O) groups excluding carboxylic acids is 3. The first kappa shape index (κ1) is 62.9. The number of allylic oxidation sites excluding steroid dienone is 4. The van der Waals surface area contributed by atoms with Gasteiger partial charge in [-0.15, -0.1) is 0 Å². The molecule has 1 unspecified atom stereocenters. The van der Waals surface area contributed by atoms with Gasteiger partial charge < -0.3 is 14.2 Å². The molecular weight excluding hydrogens is 805 g/mol. The number of carbonyl (C=O) groups is 3. The standard InChI is InChI=1S/C59H110O6/c1-4-7-10-13-16-19-22-24-26-28-29-31-32-34-37-40-43-46-49-52-58(61)64-55-56(54-63-57(60)51-48-45-42-39-36-21-18-15-12-9-6-3)65-59(62)53-50-47-44-41-38-35-33-30-27-25-23-20-17-14-11-8-5-2/h25,27-29,56H,4-24,26,30-55H2,1-3H3/b27-25-,29-28-. The van der Waals surface area contributed by atoms with Gasteiger partial charge in [-0.05, 0) is 70.6 Å². The minimum Gasteiger partial charge on any atom is -0.462 e. The van der Waals surface area contributed by atoms with Crippen molar-refractivity contribution in [2.24, 2.45) is 0 Å². The first-order valence-corrected chi connectivity index (χ1v) is 28.8. The molecule has 0 saturated heterocycles. The van der Waals surface area contributed by atoms with Crippen LogP contribution in [0, 0.1) is 0 Å². The van der Waals surface area contributed by atoms with Crippen LogP contribution in [0.25, 0.3) is 0 Å². The fraction of sp³-hybridized carbons (Fsp3) is 0.881. The van der Waals surface area contributed by atoms with E-state index < -0.39 is 6.10 Å². The summed E-state index contributed by atoms with van der Waals surface area (Å²) < 4.78 is 16.9. The third-order valence-corrected chi connectivity index (χ3v) is 12.9. The number of unbranched alkanes of at least 4 members (excludes halogenated alkanes) is 38. The van der Waals surface area contributed by atoms with E-state index in [1.54, 1.807) is 0 Å². The molecule has 0 rings (SSSR count). The number of ether oxygens (including phenoxy) is 3. The van der Waals surface area contributed by atoms with E-state index in [2.05, 4.69) is 45.1 Å². The van der Waals surface area contributed by atoms with E-state index in [1.807, 2.05) is 0 Å². The van der Waals surface area contributed by atoms with Crippen molar-refractivity contribution < 1.29 is 28.6 Å². The van der Waals surface area contributed by atoms with Crippen molar-refractivity contribution in [1.82, 2.24) is 0 Å². The molecule has 6 nitrogen and oxygen atoms in total. The molecule has 382 valence electrons. The minimum absolute atomic E-state index is 0.0703. The summed E-state index contributed by atoms with van der Waals surface area (Å²) in [6, 6.07) is 0. The Hall–Kier alpha value is -2.11. The zero-order valence-electron chi connectivity index (χ0n) is 43.8. The van der Waals surface area contributed by atoms with E-state index in [4.69, 9.17) is 14.2 Å². The van der Waals surface area contributed by atoms with Crippen molar-refractivity contribution in [1.29, 1.82) is 0 Å². The average molecular weight is 916 g/mol. The van der Waals surface area contributed by atoms with Gasteiger partial charge in [0, 0.05) is 19.3 Å². The molecule has 0 N–H and O–H groups in total. The van der Waals surface area contributed by atoms with Gasteiger partial charge in [-0.1, -0.05) is 251 Å². The van der Waals surface area contributed by atoms with Gasteiger partial charge in [0.25, 0.3) is 0 Å². The lowest BCUT2D eigenvalue weighted by Gasteiger charge is -2.18. The van der Waals surface area contributed by atoms with Crippen molar-refractivity contribution in [3.8, 4) is 0 Å². The smallest absolute Gasteiger partial charge is 0.306 e. The third kappa shape index (κ3) is 52.7. The molecule has 0 aromatic rings. The van der Waals surface area contributed by atoms with Crippen molar-refractivity contribution in [3.05, 3.63) is 24.3 Å². The molecule has 0 bridgehead atoms. The fourth-order valence-electron chi connectivity index (χ4n) is 8.55. The maximum Gasteiger partial charge on any atom is 0.306 e. The van der Waals surface area contributed by atoms with Crippen molar-refractivity contribution >= 4 is 17.9 Å². The SMILES string of the molecule is CCCCCCCC/C=C\CCCCCCCCCC(=O)OC(COC(=O)CCCCCCCCC/C=C\CCCCCCCCCC)COC(=O)CCCCCCCCCCCCC. The van der Waals surface area contributed by atoms with Crippen LogP contribution in [0.2, 0.25) is 0 Å². The summed E-state index contributed by atoms with van der Waals surface area (Å²) in [4.78, 5) is 38.1. The molecule has 1 atom stereocenters. The van der Waals surface area contributed by atoms with Gasteiger partial charge in [-0.25, -0.2) is 0 Å². The Labute approximate surface area is 404 Å². The van der Waals surface area contributed by atoms with Crippen LogP contribution in [0.3, 0.4) is 0 Å². The van der Waals surface area contributed by atoms with Crippen LogP contribution < -0.4 is 0 Å². The summed E-state index contributed by atoms with van der Waals surface area (Å²) >= 11 is 0. The summed E-state index contributed by atoms with van der Waals surface area (Å²) in [7, 11) is 0. The molecule has 0 spiro atoms. The largest absolute Gasteiger partial charge is 0.462 e. The molecule has 0 amide bonds. The molecule has 0 saturated carbocycles. The Bertz CT molecular complexity index is 1050. The maximum atomic E-state index is 12.8. The average Bonchev–Trinajstić information content (AvgIpc) is 3.30. The van der Waals surface area contributed by atoms with Gasteiger partial charge >= 0.3 is 17.9 Å². The second-order valence-electron chi connectivity index (χ2n) is 19.6. The van der Waals surface area contributed by atoms with Crippen LogP contribution in [-0.2, 0) is 28.6 Å². The number of hydrogen-bond acceptors (Lipinski definition) is 6. The zero-order valence-corrected chi connectivity index (χ0v) is 43.8. The highest BCUT2D eigenvalue weighted by Gasteiger charge is 2.19. The van der Waals surface area contributed by atoms with Gasteiger partial charge in [0.15, 0.2) is 6.10 Å². The van der Waals surface area contributed by atoms with E-state index >= 15 is 0 Å². The van der Waals surface area contributed by atoms with Crippen LogP contribution in [0.5, 0.6) is 0 Å². The molecular formula is C59H110O6. The topological polar surface area (TPSA) is 78.9 Å². The number of hydrogen-bond donors (Lipinski definition) is 0. The minimum atomic E-state index is -0.771. The normalized spacial score (nSPS) is 12.1. The zero-order chi connectivity index (χ0) is 47.2. The molecule has 0 aliphatic rings. The lowest BCUT2D eigenvalue weighted by molar-refractivity contribution is -0.167. The van der Waals surface area contributed by atoms with E-state index in [1.165, 1.54) is 218 Å². The monoisotopic (exact) mass is 915 g/mol.